The van der Waals surface area contributed by atoms with E-state index in [0.717, 1.165) is 23.7 Å². The normalized spacial score (nSPS) is 42.5. The number of hydrogen-bond acceptors (Lipinski definition) is 2. The summed E-state index contributed by atoms with van der Waals surface area (Å²) >= 11 is 0. The maximum absolute atomic E-state index is 11.4. The number of ether oxygens (including phenoxy) is 1. The van der Waals surface area contributed by atoms with Gasteiger partial charge < -0.3 is 4.74 Å². The Bertz CT molecular complexity index is 329. The highest BCUT2D eigenvalue weighted by molar-refractivity contribution is 5.86. The zero-order valence-corrected chi connectivity index (χ0v) is 10.7. The van der Waals surface area contributed by atoms with Crippen LogP contribution in [0.4, 0.5) is 0 Å². The molecule has 3 aliphatic carbocycles. The molecule has 2 heteroatoms. The number of hydrogen-bond donors (Lipinski definition) is 0. The molecular weight excluding hydrogens is 212 g/mol. The Kier molecular flexibility index (Phi) is 2.76. The second kappa shape index (κ2) is 4.15. The maximum atomic E-state index is 11.4. The zero-order chi connectivity index (χ0) is 12.0. The van der Waals surface area contributed by atoms with E-state index in [1.54, 1.807) is 6.92 Å². The van der Waals surface area contributed by atoms with Gasteiger partial charge in [0.25, 0.3) is 0 Å². The number of esters is 1. The van der Waals surface area contributed by atoms with Crippen molar-refractivity contribution < 1.29 is 9.53 Å². The van der Waals surface area contributed by atoms with Gasteiger partial charge in [0.2, 0.25) is 0 Å². The fraction of sp³-hybridized carbons (Fsp3) is 0.800. The monoisotopic (exact) mass is 234 g/mol. The molecule has 3 saturated carbocycles. The highest BCUT2D eigenvalue weighted by Crippen LogP contribution is 2.60. The van der Waals surface area contributed by atoms with Crippen molar-refractivity contribution in [2.45, 2.75) is 39.0 Å². The Morgan fingerprint density at radius 3 is 2.29 bits per heavy atom. The molecule has 0 aromatic heterocycles. The summed E-state index contributed by atoms with van der Waals surface area (Å²) in [6.07, 6.45) is 7.02. The zero-order valence-electron chi connectivity index (χ0n) is 10.7. The molecule has 4 unspecified atom stereocenters. The van der Waals surface area contributed by atoms with Crippen LogP contribution in [-0.2, 0) is 9.53 Å². The van der Waals surface area contributed by atoms with Crippen LogP contribution in [0.15, 0.2) is 12.2 Å². The Labute approximate surface area is 103 Å². The van der Waals surface area contributed by atoms with Gasteiger partial charge in [-0.1, -0.05) is 6.58 Å². The molecule has 2 bridgehead atoms. The molecule has 0 amide bonds. The fourth-order valence-electron chi connectivity index (χ4n) is 4.58. The Morgan fingerprint density at radius 1 is 1.18 bits per heavy atom. The van der Waals surface area contributed by atoms with Crippen molar-refractivity contribution >= 4 is 5.97 Å². The van der Waals surface area contributed by atoms with E-state index < -0.39 is 0 Å². The third-order valence-electron chi connectivity index (χ3n) is 5.28. The molecule has 0 aliphatic heterocycles. The largest absolute Gasteiger partial charge is 0.462 e. The van der Waals surface area contributed by atoms with Gasteiger partial charge >= 0.3 is 5.97 Å². The first-order valence-corrected chi connectivity index (χ1v) is 6.97. The predicted molar refractivity (Wildman–Crippen MR) is 66.3 cm³/mol. The van der Waals surface area contributed by atoms with Crippen molar-refractivity contribution in [1.29, 1.82) is 0 Å². The Morgan fingerprint density at radius 2 is 1.76 bits per heavy atom. The highest BCUT2D eigenvalue weighted by atomic mass is 16.5. The lowest BCUT2D eigenvalue weighted by Crippen LogP contribution is -2.15. The van der Waals surface area contributed by atoms with E-state index in [1.165, 1.54) is 32.1 Å². The van der Waals surface area contributed by atoms with Gasteiger partial charge in [0.1, 0.15) is 0 Å². The summed E-state index contributed by atoms with van der Waals surface area (Å²) in [5, 5.41) is 0. The van der Waals surface area contributed by atoms with Crippen LogP contribution in [0.1, 0.15) is 39.0 Å². The van der Waals surface area contributed by atoms with Crippen LogP contribution in [-0.4, -0.2) is 12.6 Å². The van der Waals surface area contributed by atoms with Gasteiger partial charge in [0.15, 0.2) is 0 Å². The standard InChI is InChI=1S/C15H22O2/c1-9(2)15(16)17-8-10-5-13-11-3-4-12(7-11)14(13)6-10/h10-14H,1,3-8H2,2H3. The molecule has 4 atom stereocenters. The molecular formula is C15H22O2. The summed E-state index contributed by atoms with van der Waals surface area (Å²) in [6.45, 7) is 5.95. The minimum absolute atomic E-state index is 0.218. The second-order valence-corrected chi connectivity index (χ2v) is 6.38. The summed E-state index contributed by atoms with van der Waals surface area (Å²) in [7, 11) is 0. The summed E-state index contributed by atoms with van der Waals surface area (Å²) < 4.78 is 5.31. The lowest BCUT2D eigenvalue weighted by molar-refractivity contribution is -0.140. The SMILES string of the molecule is C=C(C)C(=O)OCC1CC2C3CCC(C3)C2C1. The molecule has 0 spiro atoms. The topological polar surface area (TPSA) is 26.3 Å². The Balaban J connectivity index is 1.52. The van der Waals surface area contributed by atoms with Crippen LogP contribution < -0.4 is 0 Å². The maximum Gasteiger partial charge on any atom is 0.333 e. The van der Waals surface area contributed by atoms with Crippen molar-refractivity contribution in [2.24, 2.45) is 29.6 Å². The summed E-state index contributed by atoms with van der Waals surface area (Å²) in [6, 6.07) is 0. The smallest absolute Gasteiger partial charge is 0.333 e. The van der Waals surface area contributed by atoms with Crippen molar-refractivity contribution in [1.82, 2.24) is 0 Å². The molecule has 3 fully saturated rings. The van der Waals surface area contributed by atoms with Gasteiger partial charge in [-0.25, -0.2) is 4.79 Å². The van der Waals surface area contributed by atoms with Crippen molar-refractivity contribution in [2.75, 3.05) is 6.61 Å². The van der Waals surface area contributed by atoms with Crippen LogP contribution in [0, 0.1) is 29.6 Å². The van der Waals surface area contributed by atoms with Crippen LogP contribution in [0.3, 0.4) is 0 Å². The average Bonchev–Trinajstić information content (AvgIpc) is 2.96. The Hall–Kier alpha value is -0.790. The van der Waals surface area contributed by atoms with E-state index in [4.69, 9.17) is 4.74 Å². The molecule has 0 radical (unpaired) electrons. The minimum atomic E-state index is -0.218. The van der Waals surface area contributed by atoms with Gasteiger partial charge in [-0.05, 0) is 68.6 Å². The van der Waals surface area contributed by atoms with Gasteiger partial charge in [-0.3, -0.25) is 0 Å². The lowest BCUT2D eigenvalue weighted by Gasteiger charge is -2.23. The van der Waals surface area contributed by atoms with Crippen LogP contribution in [0.5, 0.6) is 0 Å². The molecule has 17 heavy (non-hydrogen) atoms. The molecule has 0 aromatic rings. The summed E-state index contributed by atoms with van der Waals surface area (Å²) in [5.74, 6) is 4.34. The molecule has 0 aromatic carbocycles. The molecule has 3 rings (SSSR count). The van der Waals surface area contributed by atoms with E-state index in [1.807, 2.05) is 0 Å². The first kappa shape index (κ1) is 11.3. The molecule has 0 N–H and O–H groups in total. The van der Waals surface area contributed by atoms with Gasteiger partial charge in [-0.2, -0.15) is 0 Å². The molecule has 3 aliphatic rings. The number of rotatable bonds is 3. The van der Waals surface area contributed by atoms with Crippen LogP contribution >= 0.6 is 0 Å². The number of carbonyl (C=O) groups excluding carboxylic acids is 1. The van der Waals surface area contributed by atoms with Crippen LogP contribution in [0.25, 0.3) is 0 Å². The average molecular weight is 234 g/mol. The third-order valence-corrected chi connectivity index (χ3v) is 5.28. The predicted octanol–water partition coefficient (Wildman–Crippen LogP) is 3.18. The fourth-order valence-corrected chi connectivity index (χ4v) is 4.58. The molecule has 0 saturated heterocycles. The van der Waals surface area contributed by atoms with Gasteiger partial charge in [0.05, 0.1) is 6.61 Å². The van der Waals surface area contributed by atoms with Crippen molar-refractivity contribution in [3.8, 4) is 0 Å². The van der Waals surface area contributed by atoms with Gasteiger partial charge in [0, 0.05) is 5.57 Å². The van der Waals surface area contributed by atoms with E-state index in [9.17, 15) is 4.79 Å². The quantitative estimate of drug-likeness (QED) is 0.554. The van der Waals surface area contributed by atoms with Gasteiger partial charge in [-0.15, -0.1) is 0 Å². The minimum Gasteiger partial charge on any atom is -0.462 e. The van der Waals surface area contributed by atoms with E-state index in [0.29, 0.717) is 18.1 Å². The van der Waals surface area contributed by atoms with E-state index >= 15 is 0 Å². The molecule has 0 heterocycles. The molecule has 94 valence electrons. The molecule has 2 nitrogen and oxygen atoms in total. The van der Waals surface area contributed by atoms with Crippen molar-refractivity contribution in [3.63, 3.8) is 0 Å². The number of carbonyl (C=O) groups is 1. The lowest BCUT2D eigenvalue weighted by atomic mass is 9.82. The highest BCUT2D eigenvalue weighted by Gasteiger charge is 2.51. The van der Waals surface area contributed by atoms with Crippen molar-refractivity contribution in [3.05, 3.63) is 12.2 Å². The third kappa shape index (κ3) is 1.92. The van der Waals surface area contributed by atoms with E-state index in [2.05, 4.69) is 6.58 Å². The number of fused-ring (bicyclic) bond motifs is 5. The van der Waals surface area contributed by atoms with E-state index in [-0.39, 0.29) is 5.97 Å². The summed E-state index contributed by atoms with van der Waals surface area (Å²) in [4.78, 5) is 11.4. The first-order valence-electron chi connectivity index (χ1n) is 6.97. The second-order valence-electron chi connectivity index (χ2n) is 6.38. The van der Waals surface area contributed by atoms with Crippen LogP contribution in [0.2, 0.25) is 0 Å². The summed E-state index contributed by atoms with van der Waals surface area (Å²) in [5.41, 5.74) is 0.517. The first-order chi connectivity index (χ1) is 8.15.